The molecule has 0 aromatic heterocycles. The predicted octanol–water partition coefficient (Wildman–Crippen LogP) is 1.40. The van der Waals surface area contributed by atoms with E-state index in [-0.39, 0.29) is 5.97 Å². The van der Waals surface area contributed by atoms with Gasteiger partial charge >= 0.3 is 5.97 Å². The summed E-state index contributed by atoms with van der Waals surface area (Å²) in [7, 11) is 1.35. The van der Waals surface area contributed by atoms with E-state index < -0.39 is 6.04 Å². The molecule has 0 bridgehead atoms. The third-order valence-electron chi connectivity index (χ3n) is 2.77. The Labute approximate surface area is 102 Å². The van der Waals surface area contributed by atoms with Crippen LogP contribution >= 0.6 is 0 Å². The lowest BCUT2D eigenvalue weighted by molar-refractivity contribution is -0.142. The molecule has 1 atom stereocenters. The molecule has 0 heterocycles. The lowest BCUT2D eigenvalue weighted by Gasteiger charge is -2.10. The summed E-state index contributed by atoms with van der Waals surface area (Å²) in [6.07, 6.45) is 2.26. The molecule has 0 aliphatic rings. The van der Waals surface area contributed by atoms with Crippen molar-refractivity contribution in [1.29, 1.82) is 0 Å². The van der Waals surface area contributed by atoms with Crippen molar-refractivity contribution in [3.8, 4) is 0 Å². The molecule has 4 nitrogen and oxygen atoms in total. The second-order valence-electron chi connectivity index (χ2n) is 4.22. The quantitative estimate of drug-likeness (QED) is 0.598. The Kier molecular flexibility index (Phi) is 4.97. The summed E-state index contributed by atoms with van der Waals surface area (Å²) in [4.78, 5) is 11.1. The first-order valence-corrected chi connectivity index (χ1v) is 5.73. The van der Waals surface area contributed by atoms with E-state index in [0.29, 0.717) is 6.42 Å². The van der Waals surface area contributed by atoms with Gasteiger partial charge in [0.2, 0.25) is 0 Å². The number of carbonyl (C=O) groups excluding carboxylic acids is 1. The topological polar surface area (TPSA) is 78.3 Å². The summed E-state index contributed by atoms with van der Waals surface area (Å²) in [5, 5.41) is 0. The van der Waals surface area contributed by atoms with Gasteiger partial charge in [0.15, 0.2) is 0 Å². The second-order valence-corrected chi connectivity index (χ2v) is 4.22. The molecule has 0 spiro atoms. The number of esters is 1. The van der Waals surface area contributed by atoms with Gasteiger partial charge in [-0.1, -0.05) is 12.1 Å². The zero-order valence-corrected chi connectivity index (χ0v) is 10.4. The highest BCUT2D eigenvalue weighted by atomic mass is 16.5. The summed E-state index contributed by atoms with van der Waals surface area (Å²) >= 11 is 0. The van der Waals surface area contributed by atoms with Crippen LogP contribution in [0.15, 0.2) is 18.2 Å². The standard InChI is InChI=1S/C13H20N2O2/c1-9-6-7-10(12(15)8-9)4-3-5-11(14)13(16)17-2/h6-8,11H,3-5,14-15H2,1-2H3. The maximum absolute atomic E-state index is 11.1. The molecule has 94 valence electrons. The van der Waals surface area contributed by atoms with Crippen LogP contribution in [-0.4, -0.2) is 19.1 Å². The number of aryl methyl sites for hydroxylation is 2. The number of methoxy groups -OCH3 is 1. The first-order chi connectivity index (χ1) is 8.04. The molecule has 0 saturated heterocycles. The normalized spacial score (nSPS) is 12.2. The van der Waals surface area contributed by atoms with Crippen LogP contribution in [0.3, 0.4) is 0 Å². The van der Waals surface area contributed by atoms with E-state index in [2.05, 4.69) is 4.74 Å². The molecule has 1 rings (SSSR count). The number of nitrogen functional groups attached to an aromatic ring is 1. The van der Waals surface area contributed by atoms with Crippen molar-refractivity contribution in [1.82, 2.24) is 0 Å². The number of rotatable bonds is 5. The maximum Gasteiger partial charge on any atom is 0.322 e. The molecule has 0 amide bonds. The van der Waals surface area contributed by atoms with Crippen molar-refractivity contribution >= 4 is 11.7 Å². The van der Waals surface area contributed by atoms with Gasteiger partial charge < -0.3 is 16.2 Å². The fraction of sp³-hybridized carbons (Fsp3) is 0.462. The molecule has 0 radical (unpaired) electrons. The lowest BCUT2D eigenvalue weighted by atomic mass is 10.0. The molecule has 4 heteroatoms. The van der Waals surface area contributed by atoms with Crippen molar-refractivity contribution in [3.63, 3.8) is 0 Å². The Morgan fingerprint density at radius 3 is 2.76 bits per heavy atom. The Morgan fingerprint density at radius 2 is 2.18 bits per heavy atom. The summed E-state index contributed by atoms with van der Waals surface area (Å²) < 4.78 is 4.57. The van der Waals surface area contributed by atoms with E-state index in [9.17, 15) is 4.79 Å². The number of anilines is 1. The largest absolute Gasteiger partial charge is 0.468 e. The molecule has 1 aromatic carbocycles. The minimum atomic E-state index is -0.535. The van der Waals surface area contributed by atoms with E-state index in [4.69, 9.17) is 11.5 Å². The Bertz CT molecular complexity index is 391. The van der Waals surface area contributed by atoms with Gasteiger partial charge in [-0.25, -0.2) is 0 Å². The highest BCUT2D eigenvalue weighted by molar-refractivity contribution is 5.75. The van der Waals surface area contributed by atoms with Gasteiger partial charge in [-0.3, -0.25) is 4.79 Å². The highest BCUT2D eigenvalue weighted by Gasteiger charge is 2.12. The Balaban J connectivity index is 2.43. The number of carbonyl (C=O) groups is 1. The number of benzene rings is 1. The van der Waals surface area contributed by atoms with Crippen LogP contribution in [0.4, 0.5) is 5.69 Å². The van der Waals surface area contributed by atoms with E-state index in [1.54, 1.807) is 0 Å². The van der Waals surface area contributed by atoms with Crippen molar-refractivity contribution in [2.45, 2.75) is 32.2 Å². The van der Waals surface area contributed by atoms with Crippen LogP contribution in [0.2, 0.25) is 0 Å². The van der Waals surface area contributed by atoms with Gasteiger partial charge in [0, 0.05) is 5.69 Å². The van der Waals surface area contributed by atoms with Crippen molar-refractivity contribution < 1.29 is 9.53 Å². The average Bonchev–Trinajstić information content (AvgIpc) is 2.30. The van der Waals surface area contributed by atoms with Crippen LogP contribution in [0.5, 0.6) is 0 Å². The van der Waals surface area contributed by atoms with Gasteiger partial charge in [-0.05, 0) is 43.4 Å². The fourth-order valence-corrected chi connectivity index (χ4v) is 1.72. The smallest absolute Gasteiger partial charge is 0.322 e. The minimum Gasteiger partial charge on any atom is -0.468 e. The predicted molar refractivity (Wildman–Crippen MR) is 68.5 cm³/mol. The molecule has 4 N–H and O–H groups in total. The van der Waals surface area contributed by atoms with Crippen LogP contribution in [0.25, 0.3) is 0 Å². The van der Waals surface area contributed by atoms with Gasteiger partial charge in [0.05, 0.1) is 7.11 Å². The molecule has 17 heavy (non-hydrogen) atoms. The molecule has 0 aliphatic heterocycles. The van der Waals surface area contributed by atoms with Crippen molar-refractivity contribution in [2.75, 3.05) is 12.8 Å². The Morgan fingerprint density at radius 1 is 1.47 bits per heavy atom. The monoisotopic (exact) mass is 236 g/mol. The SMILES string of the molecule is COC(=O)C(N)CCCc1ccc(C)cc1N. The molecule has 1 unspecified atom stereocenters. The van der Waals surface area contributed by atoms with Crippen LogP contribution in [0, 0.1) is 6.92 Å². The highest BCUT2D eigenvalue weighted by Crippen LogP contribution is 2.16. The molecular weight excluding hydrogens is 216 g/mol. The molecule has 0 aliphatic carbocycles. The zero-order valence-electron chi connectivity index (χ0n) is 10.4. The number of hydrogen-bond acceptors (Lipinski definition) is 4. The first-order valence-electron chi connectivity index (χ1n) is 5.73. The van der Waals surface area contributed by atoms with Gasteiger partial charge in [0.25, 0.3) is 0 Å². The zero-order chi connectivity index (χ0) is 12.8. The molecule has 0 saturated carbocycles. The maximum atomic E-state index is 11.1. The minimum absolute atomic E-state index is 0.359. The van der Waals surface area contributed by atoms with Crippen LogP contribution in [0.1, 0.15) is 24.0 Å². The molecular formula is C13H20N2O2. The summed E-state index contributed by atoms with van der Waals surface area (Å²) in [6, 6.07) is 5.47. The molecule has 1 aromatic rings. The van der Waals surface area contributed by atoms with Gasteiger partial charge in [-0.15, -0.1) is 0 Å². The van der Waals surface area contributed by atoms with Crippen LogP contribution < -0.4 is 11.5 Å². The third kappa shape index (κ3) is 4.07. The van der Waals surface area contributed by atoms with E-state index in [1.807, 2.05) is 25.1 Å². The van der Waals surface area contributed by atoms with Crippen molar-refractivity contribution in [2.24, 2.45) is 5.73 Å². The second kappa shape index (κ2) is 6.25. The summed E-state index contributed by atoms with van der Waals surface area (Å²) in [5.74, 6) is -0.359. The average molecular weight is 236 g/mol. The summed E-state index contributed by atoms with van der Waals surface area (Å²) in [6.45, 7) is 2.01. The fourth-order valence-electron chi connectivity index (χ4n) is 1.72. The number of hydrogen-bond donors (Lipinski definition) is 2. The number of ether oxygens (including phenoxy) is 1. The van der Waals surface area contributed by atoms with E-state index in [0.717, 1.165) is 29.7 Å². The van der Waals surface area contributed by atoms with E-state index in [1.165, 1.54) is 7.11 Å². The van der Waals surface area contributed by atoms with Crippen molar-refractivity contribution in [3.05, 3.63) is 29.3 Å². The third-order valence-corrected chi connectivity index (χ3v) is 2.77. The Hall–Kier alpha value is -1.55. The van der Waals surface area contributed by atoms with Gasteiger partial charge in [-0.2, -0.15) is 0 Å². The van der Waals surface area contributed by atoms with Crippen LogP contribution in [-0.2, 0) is 16.0 Å². The summed E-state index contributed by atoms with van der Waals surface area (Å²) in [5.41, 5.74) is 14.6. The van der Waals surface area contributed by atoms with E-state index >= 15 is 0 Å². The first kappa shape index (κ1) is 13.5. The molecule has 0 fully saturated rings. The number of nitrogens with two attached hydrogens (primary N) is 2. The lowest BCUT2D eigenvalue weighted by Crippen LogP contribution is -2.31. The van der Waals surface area contributed by atoms with Gasteiger partial charge in [0.1, 0.15) is 6.04 Å².